The zero-order chi connectivity index (χ0) is 19.8. The number of carbonyl (C=O) groups is 4. The van der Waals surface area contributed by atoms with E-state index in [1.165, 1.54) is 12.5 Å². The van der Waals surface area contributed by atoms with Gasteiger partial charge in [0.15, 0.2) is 12.4 Å². The molecule has 2 aliphatic rings. The Morgan fingerprint density at radius 3 is 2.32 bits per heavy atom. The number of fused-ring (bicyclic) bond motifs is 2. The number of hydrogen-bond acceptors (Lipinski definition) is 5. The monoisotopic (exact) mass is 377 g/mol. The summed E-state index contributed by atoms with van der Waals surface area (Å²) in [6, 6.07) is 10.8. The van der Waals surface area contributed by atoms with Crippen LogP contribution in [0.3, 0.4) is 0 Å². The summed E-state index contributed by atoms with van der Waals surface area (Å²) >= 11 is 0. The fourth-order valence-electron chi connectivity index (χ4n) is 3.75. The van der Waals surface area contributed by atoms with Gasteiger partial charge in [-0.2, -0.15) is 0 Å². The third-order valence-corrected chi connectivity index (χ3v) is 5.32. The molecular formula is C22H19NO5. The van der Waals surface area contributed by atoms with Crippen molar-refractivity contribution in [2.45, 2.75) is 32.2 Å². The van der Waals surface area contributed by atoms with Gasteiger partial charge < -0.3 is 4.74 Å². The van der Waals surface area contributed by atoms with Gasteiger partial charge in [-0.3, -0.25) is 19.3 Å². The number of ether oxygens (including phenoxy) is 1. The van der Waals surface area contributed by atoms with Gasteiger partial charge in [-0.15, -0.1) is 0 Å². The summed E-state index contributed by atoms with van der Waals surface area (Å²) in [4.78, 5) is 50.5. The van der Waals surface area contributed by atoms with Crippen LogP contribution in [-0.4, -0.2) is 41.1 Å². The summed E-state index contributed by atoms with van der Waals surface area (Å²) in [5, 5.41) is 0. The lowest BCUT2D eigenvalue weighted by Gasteiger charge is -2.20. The van der Waals surface area contributed by atoms with Crippen LogP contribution in [0.1, 0.15) is 55.5 Å². The number of carbonyl (C=O) groups excluding carboxylic acids is 4. The van der Waals surface area contributed by atoms with Crippen molar-refractivity contribution in [3.63, 3.8) is 0 Å². The quantitative estimate of drug-likeness (QED) is 0.455. The second-order valence-electron chi connectivity index (χ2n) is 7.07. The van der Waals surface area contributed by atoms with E-state index in [1.54, 1.807) is 30.3 Å². The lowest BCUT2D eigenvalue weighted by molar-refractivity contribution is -0.146. The molecule has 0 N–H and O–H groups in total. The van der Waals surface area contributed by atoms with Gasteiger partial charge in [0, 0.05) is 5.56 Å². The summed E-state index contributed by atoms with van der Waals surface area (Å²) < 4.78 is 5.11. The highest BCUT2D eigenvalue weighted by Crippen LogP contribution is 2.25. The Hall–Kier alpha value is -3.28. The predicted molar refractivity (Wildman–Crippen MR) is 100 cm³/mol. The number of esters is 1. The van der Waals surface area contributed by atoms with Crippen LogP contribution in [0.25, 0.3) is 0 Å². The summed E-state index contributed by atoms with van der Waals surface area (Å²) in [5.74, 6) is -2.16. The molecule has 0 bridgehead atoms. The highest BCUT2D eigenvalue weighted by molar-refractivity contribution is 6.22. The van der Waals surface area contributed by atoms with Crippen LogP contribution in [0.15, 0.2) is 42.5 Å². The Morgan fingerprint density at radius 2 is 1.64 bits per heavy atom. The maximum Gasteiger partial charge on any atom is 0.329 e. The Labute approximate surface area is 162 Å². The number of rotatable bonds is 5. The van der Waals surface area contributed by atoms with Crippen LogP contribution in [-0.2, 0) is 22.4 Å². The molecule has 142 valence electrons. The van der Waals surface area contributed by atoms with Gasteiger partial charge >= 0.3 is 5.97 Å². The molecule has 0 radical (unpaired) electrons. The number of ketones is 1. The molecule has 6 nitrogen and oxygen atoms in total. The van der Waals surface area contributed by atoms with Crippen molar-refractivity contribution in [2.75, 3.05) is 6.61 Å². The highest BCUT2D eigenvalue weighted by atomic mass is 16.5. The predicted octanol–water partition coefficient (Wildman–Crippen LogP) is 2.59. The van der Waals surface area contributed by atoms with Gasteiger partial charge in [-0.25, -0.2) is 4.79 Å². The minimum absolute atomic E-state index is 0.265. The number of benzene rings is 2. The van der Waals surface area contributed by atoms with E-state index in [-0.39, 0.29) is 16.9 Å². The fraction of sp³-hybridized carbons (Fsp3) is 0.273. The third-order valence-electron chi connectivity index (χ3n) is 5.32. The van der Waals surface area contributed by atoms with E-state index in [0.717, 1.165) is 29.7 Å². The molecule has 1 aliphatic heterocycles. The Kier molecular flexibility index (Phi) is 4.55. The number of nitrogens with zero attached hydrogens (tertiary/aromatic N) is 1. The Morgan fingerprint density at radius 1 is 1.00 bits per heavy atom. The van der Waals surface area contributed by atoms with Gasteiger partial charge in [0.1, 0.15) is 6.04 Å². The van der Waals surface area contributed by atoms with Crippen molar-refractivity contribution in [3.8, 4) is 0 Å². The van der Waals surface area contributed by atoms with E-state index < -0.39 is 30.4 Å². The first kappa shape index (κ1) is 18.1. The summed E-state index contributed by atoms with van der Waals surface area (Å²) in [5.41, 5.74) is 3.45. The van der Waals surface area contributed by atoms with Crippen LogP contribution in [0, 0.1) is 0 Å². The summed E-state index contributed by atoms with van der Waals surface area (Å²) in [7, 11) is 0. The molecule has 2 aromatic rings. The van der Waals surface area contributed by atoms with E-state index in [2.05, 4.69) is 0 Å². The van der Waals surface area contributed by atoms with E-state index >= 15 is 0 Å². The standard InChI is InChI=1S/C22H19NO5/c1-13(23-20(25)17-7-2-3-8-18(17)21(23)26)22(27)28-12-19(24)16-10-9-14-5-4-6-15(14)11-16/h2-3,7-11,13H,4-6,12H2,1H3/t13-/m0/s1. The van der Waals surface area contributed by atoms with Crippen LogP contribution in [0.5, 0.6) is 0 Å². The molecule has 28 heavy (non-hydrogen) atoms. The highest BCUT2D eigenvalue weighted by Gasteiger charge is 2.41. The maximum absolute atomic E-state index is 12.5. The molecule has 1 aliphatic carbocycles. The van der Waals surface area contributed by atoms with Crippen molar-refractivity contribution in [1.82, 2.24) is 4.90 Å². The first-order chi connectivity index (χ1) is 13.5. The topological polar surface area (TPSA) is 80.8 Å². The molecule has 2 amide bonds. The molecular weight excluding hydrogens is 358 g/mol. The SMILES string of the molecule is C[C@@H](C(=O)OCC(=O)c1ccc2c(c1)CCC2)N1C(=O)c2ccccc2C1=O. The van der Waals surface area contributed by atoms with Crippen LogP contribution >= 0.6 is 0 Å². The van der Waals surface area contributed by atoms with E-state index in [9.17, 15) is 19.2 Å². The number of aryl methyl sites for hydroxylation is 2. The molecule has 0 aromatic heterocycles. The second-order valence-corrected chi connectivity index (χ2v) is 7.07. The largest absolute Gasteiger partial charge is 0.456 e. The number of amides is 2. The van der Waals surface area contributed by atoms with Gasteiger partial charge in [0.2, 0.25) is 0 Å². The molecule has 0 unspecified atom stereocenters. The lowest BCUT2D eigenvalue weighted by Crippen LogP contribution is -2.44. The molecule has 4 rings (SSSR count). The third kappa shape index (κ3) is 3.01. The van der Waals surface area contributed by atoms with E-state index in [4.69, 9.17) is 4.74 Å². The molecule has 1 heterocycles. The summed E-state index contributed by atoms with van der Waals surface area (Å²) in [6.07, 6.45) is 3.06. The van der Waals surface area contributed by atoms with Crippen LogP contribution < -0.4 is 0 Å². The molecule has 6 heteroatoms. The molecule has 0 fully saturated rings. The minimum Gasteiger partial charge on any atom is -0.456 e. The van der Waals surface area contributed by atoms with Crippen molar-refractivity contribution in [1.29, 1.82) is 0 Å². The zero-order valence-corrected chi connectivity index (χ0v) is 15.4. The molecule has 0 saturated heterocycles. The fourth-order valence-corrected chi connectivity index (χ4v) is 3.75. The van der Waals surface area contributed by atoms with Gasteiger partial charge in [-0.05, 0) is 55.5 Å². The van der Waals surface area contributed by atoms with Crippen molar-refractivity contribution in [2.24, 2.45) is 0 Å². The van der Waals surface area contributed by atoms with Gasteiger partial charge in [0.05, 0.1) is 11.1 Å². The van der Waals surface area contributed by atoms with E-state index in [1.807, 2.05) is 12.1 Å². The normalized spacial score (nSPS) is 16.0. The average Bonchev–Trinajstić information content (AvgIpc) is 3.28. The van der Waals surface area contributed by atoms with Crippen LogP contribution in [0.2, 0.25) is 0 Å². The number of Topliss-reactive ketones (excluding diaryl/α,β-unsaturated/α-hetero) is 1. The van der Waals surface area contributed by atoms with Crippen molar-refractivity contribution >= 4 is 23.6 Å². The first-order valence-electron chi connectivity index (χ1n) is 9.26. The van der Waals surface area contributed by atoms with Crippen molar-refractivity contribution < 1.29 is 23.9 Å². The number of hydrogen-bond donors (Lipinski definition) is 0. The molecule has 0 spiro atoms. The summed E-state index contributed by atoms with van der Waals surface area (Å²) in [6.45, 7) is 0.995. The van der Waals surface area contributed by atoms with Gasteiger partial charge in [0.25, 0.3) is 11.8 Å². The maximum atomic E-state index is 12.5. The first-order valence-corrected chi connectivity index (χ1v) is 9.26. The smallest absolute Gasteiger partial charge is 0.329 e. The molecule has 0 saturated carbocycles. The number of imide groups is 1. The zero-order valence-electron chi connectivity index (χ0n) is 15.4. The van der Waals surface area contributed by atoms with Crippen LogP contribution in [0.4, 0.5) is 0 Å². The average molecular weight is 377 g/mol. The minimum atomic E-state index is -1.11. The van der Waals surface area contributed by atoms with Crippen molar-refractivity contribution in [3.05, 3.63) is 70.3 Å². The Balaban J connectivity index is 1.41. The second kappa shape index (κ2) is 7.03. The Bertz CT molecular complexity index is 975. The van der Waals surface area contributed by atoms with Gasteiger partial charge in [-0.1, -0.05) is 24.3 Å². The lowest BCUT2D eigenvalue weighted by atomic mass is 10.0. The molecule has 2 aromatic carbocycles. The van der Waals surface area contributed by atoms with E-state index in [0.29, 0.717) is 5.56 Å². The molecule has 1 atom stereocenters.